The SMILES string of the molecule is Cc1ccc(O[C@H]2CC[C@H](NC(=O)NC(C)(C)c3cccc(C(C)C)c3)CC2)cc1. The average Bonchev–Trinajstić information content (AvgIpc) is 2.71. The molecule has 2 aromatic carbocycles. The minimum Gasteiger partial charge on any atom is -0.490 e. The first-order valence-corrected chi connectivity index (χ1v) is 11.2. The zero-order valence-corrected chi connectivity index (χ0v) is 19.0. The van der Waals surface area contributed by atoms with Crippen molar-refractivity contribution in [3.05, 3.63) is 65.2 Å². The number of carbonyl (C=O) groups is 1. The van der Waals surface area contributed by atoms with Gasteiger partial charge >= 0.3 is 6.03 Å². The van der Waals surface area contributed by atoms with Crippen molar-refractivity contribution in [2.24, 2.45) is 0 Å². The molecule has 2 aromatic rings. The minimum absolute atomic E-state index is 0.0992. The van der Waals surface area contributed by atoms with Crippen LogP contribution in [0.3, 0.4) is 0 Å². The Morgan fingerprint density at radius 3 is 2.33 bits per heavy atom. The molecule has 0 spiro atoms. The normalized spacial score (nSPS) is 19.4. The predicted octanol–water partition coefficient (Wildman–Crippen LogP) is 6.04. The Morgan fingerprint density at radius 1 is 1.03 bits per heavy atom. The second kappa shape index (κ2) is 9.55. The van der Waals surface area contributed by atoms with Gasteiger partial charge in [0.15, 0.2) is 0 Å². The van der Waals surface area contributed by atoms with Crippen molar-refractivity contribution in [2.75, 3.05) is 0 Å². The first-order valence-electron chi connectivity index (χ1n) is 11.2. The maximum atomic E-state index is 12.7. The minimum atomic E-state index is -0.430. The average molecular weight is 409 g/mol. The van der Waals surface area contributed by atoms with Gasteiger partial charge in [-0.2, -0.15) is 0 Å². The van der Waals surface area contributed by atoms with E-state index in [2.05, 4.69) is 81.7 Å². The van der Waals surface area contributed by atoms with Crippen LogP contribution < -0.4 is 15.4 Å². The van der Waals surface area contributed by atoms with Gasteiger partial charge in [-0.25, -0.2) is 4.79 Å². The van der Waals surface area contributed by atoms with E-state index in [0.717, 1.165) is 37.0 Å². The highest BCUT2D eigenvalue weighted by Gasteiger charge is 2.27. The first-order chi connectivity index (χ1) is 14.2. The van der Waals surface area contributed by atoms with Crippen LogP contribution in [0.1, 0.15) is 76.0 Å². The smallest absolute Gasteiger partial charge is 0.315 e. The van der Waals surface area contributed by atoms with Gasteiger partial charge in [0.05, 0.1) is 11.6 Å². The summed E-state index contributed by atoms with van der Waals surface area (Å²) in [5, 5.41) is 6.33. The van der Waals surface area contributed by atoms with Gasteiger partial charge in [-0.15, -0.1) is 0 Å². The molecule has 0 atom stereocenters. The lowest BCUT2D eigenvalue weighted by Crippen LogP contribution is -2.50. The van der Waals surface area contributed by atoms with Crippen LogP contribution in [0.15, 0.2) is 48.5 Å². The third-order valence-corrected chi connectivity index (χ3v) is 6.03. The lowest BCUT2D eigenvalue weighted by Gasteiger charge is -2.32. The maximum Gasteiger partial charge on any atom is 0.315 e. The summed E-state index contributed by atoms with van der Waals surface area (Å²) in [6, 6.07) is 16.8. The van der Waals surface area contributed by atoms with Crippen molar-refractivity contribution < 1.29 is 9.53 Å². The van der Waals surface area contributed by atoms with Crippen molar-refractivity contribution in [3.63, 3.8) is 0 Å². The van der Waals surface area contributed by atoms with E-state index in [4.69, 9.17) is 4.74 Å². The fraction of sp³-hybridized carbons (Fsp3) is 0.500. The monoisotopic (exact) mass is 408 g/mol. The molecule has 30 heavy (non-hydrogen) atoms. The second-order valence-corrected chi connectivity index (χ2v) is 9.41. The zero-order chi connectivity index (χ0) is 21.7. The quantitative estimate of drug-likeness (QED) is 0.612. The third-order valence-electron chi connectivity index (χ3n) is 6.03. The van der Waals surface area contributed by atoms with E-state index in [9.17, 15) is 4.79 Å². The molecule has 162 valence electrons. The Hall–Kier alpha value is -2.49. The number of amides is 2. The third kappa shape index (κ3) is 6.01. The topological polar surface area (TPSA) is 50.4 Å². The molecule has 0 aliphatic heterocycles. The van der Waals surface area contributed by atoms with Gasteiger partial charge < -0.3 is 15.4 Å². The molecule has 0 aromatic heterocycles. The molecule has 1 saturated carbocycles. The Labute approximate surface area is 181 Å². The molecule has 4 heteroatoms. The van der Waals surface area contributed by atoms with Crippen molar-refractivity contribution in [2.45, 2.75) is 83.9 Å². The van der Waals surface area contributed by atoms with Crippen LogP contribution in [0.2, 0.25) is 0 Å². The fourth-order valence-electron chi connectivity index (χ4n) is 4.00. The number of ether oxygens (including phenoxy) is 1. The first kappa shape index (κ1) is 22.2. The molecule has 1 aliphatic carbocycles. The molecule has 2 N–H and O–H groups in total. The summed E-state index contributed by atoms with van der Waals surface area (Å²) < 4.78 is 6.10. The van der Waals surface area contributed by atoms with Crippen LogP contribution in [-0.4, -0.2) is 18.2 Å². The van der Waals surface area contributed by atoms with Crippen LogP contribution in [0.5, 0.6) is 5.75 Å². The van der Waals surface area contributed by atoms with Gasteiger partial charge in [0.25, 0.3) is 0 Å². The molecule has 0 heterocycles. The highest BCUT2D eigenvalue weighted by molar-refractivity contribution is 5.75. The maximum absolute atomic E-state index is 12.7. The second-order valence-electron chi connectivity index (χ2n) is 9.41. The lowest BCUT2D eigenvalue weighted by molar-refractivity contribution is 0.139. The van der Waals surface area contributed by atoms with E-state index in [1.165, 1.54) is 11.1 Å². The summed E-state index contributed by atoms with van der Waals surface area (Å²) in [5.74, 6) is 1.40. The van der Waals surface area contributed by atoms with E-state index in [-0.39, 0.29) is 18.2 Å². The van der Waals surface area contributed by atoms with Gasteiger partial charge in [-0.1, -0.05) is 55.8 Å². The van der Waals surface area contributed by atoms with Gasteiger partial charge in [-0.05, 0) is 75.6 Å². The van der Waals surface area contributed by atoms with Crippen LogP contribution in [0.4, 0.5) is 4.79 Å². The van der Waals surface area contributed by atoms with E-state index in [1.807, 2.05) is 12.1 Å². The Bertz CT molecular complexity index is 834. The van der Waals surface area contributed by atoms with Crippen LogP contribution >= 0.6 is 0 Å². The van der Waals surface area contributed by atoms with E-state index in [0.29, 0.717) is 5.92 Å². The van der Waals surface area contributed by atoms with Crippen molar-refractivity contribution in [1.29, 1.82) is 0 Å². The number of benzene rings is 2. The number of urea groups is 1. The largest absolute Gasteiger partial charge is 0.490 e. The van der Waals surface area contributed by atoms with E-state index >= 15 is 0 Å². The van der Waals surface area contributed by atoms with Crippen LogP contribution in [-0.2, 0) is 5.54 Å². The molecule has 0 bridgehead atoms. The van der Waals surface area contributed by atoms with Crippen molar-refractivity contribution in [1.82, 2.24) is 10.6 Å². The molecule has 0 unspecified atom stereocenters. The molecule has 1 aliphatic rings. The summed E-state index contributed by atoms with van der Waals surface area (Å²) in [6.45, 7) is 10.6. The summed E-state index contributed by atoms with van der Waals surface area (Å²) in [6.07, 6.45) is 4.02. The van der Waals surface area contributed by atoms with Gasteiger partial charge in [0.1, 0.15) is 5.75 Å². The number of hydrogen-bond acceptors (Lipinski definition) is 2. The standard InChI is InChI=1S/C26H36N2O2/c1-18(2)20-7-6-8-21(17-20)26(4,5)28-25(29)27-22-11-15-24(16-12-22)30-23-13-9-19(3)10-14-23/h6-10,13-14,17-18,22,24H,11-12,15-16H2,1-5H3,(H2,27,28,29)/t22-,24-. The molecule has 4 nitrogen and oxygen atoms in total. The molecule has 1 fully saturated rings. The molecule has 2 amide bonds. The van der Waals surface area contributed by atoms with Gasteiger partial charge in [0, 0.05) is 6.04 Å². The summed E-state index contributed by atoms with van der Waals surface area (Å²) in [4.78, 5) is 12.7. The van der Waals surface area contributed by atoms with Gasteiger partial charge in [0.2, 0.25) is 0 Å². The Kier molecular flexibility index (Phi) is 7.06. The summed E-state index contributed by atoms with van der Waals surface area (Å²) >= 11 is 0. The summed E-state index contributed by atoms with van der Waals surface area (Å²) in [7, 11) is 0. The van der Waals surface area contributed by atoms with Crippen LogP contribution in [0, 0.1) is 6.92 Å². The number of aryl methyl sites for hydroxylation is 1. The van der Waals surface area contributed by atoms with Crippen LogP contribution in [0.25, 0.3) is 0 Å². The highest BCUT2D eigenvalue weighted by Crippen LogP contribution is 2.26. The molecule has 0 saturated heterocycles. The molecular formula is C26H36N2O2. The Morgan fingerprint density at radius 2 is 1.70 bits per heavy atom. The number of rotatable bonds is 6. The molecule has 0 radical (unpaired) electrons. The summed E-state index contributed by atoms with van der Waals surface area (Å²) in [5.41, 5.74) is 3.22. The predicted molar refractivity (Wildman–Crippen MR) is 123 cm³/mol. The lowest BCUT2D eigenvalue weighted by atomic mass is 9.90. The highest BCUT2D eigenvalue weighted by atomic mass is 16.5. The Balaban J connectivity index is 1.48. The fourth-order valence-corrected chi connectivity index (χ4v) is 4.00. The van der Waals surface area contributed by atoms with Crippen molar-refractivity contribution in [3.8, 4) is 5.75 Å². The molecular weight excluding hydrogens is 372 g/mol. The number of carbonyl (C=O) groups excluding carboxylic acids is 1. The van der Waals surface area contributed by atoms with Crippen molar-refractivity contribution >= 4 is 6.03 Å². The zero-order valence-electron chi connectivity index (χ0n) is 19.0. The van der Waals surface area contributed by atoms with Gasteiger partial charge in [-0.3, -0.25) is 0 Å². The van der Waals surface area contributed by atoms with E-state index in [1.54, 1.807) is 0 Å². The number of nitrogens with one attached hydrogen (secondary N) is 2. The number of hydrogen-bond donors (Lipinski definition) is 2. The molecule has 3 rings (SSSR count). The van der Waals surface area contributed by atoms with E-state index < -0.39 is 5.54 Å².